The van der Waals surface area contributed by atoms with Crippen molar-refractivity contribution in [2.45, 2.75) is 50.3 Å². The second kappa shape index (κ2) is 15.5. The SMILES string of the molecule is CCCNC(=O)C(Cc1ccccc1)N(Cc1cccc(Cl)c1)C(=O)CN(c1cccc(C(F)(F)F)c1)S(=O)(=O)c1ccc(C)cc1. The van der Waals surface area contributed by atoms with Gasteiger partial charge in [-0.3, -0.25) is 13.9 Å². The van der Waals surface area contributed by atoms with Gasteiger partial charge in [-0.2, -0.15) is 13.2 Å². The second-order valence-corrected chi connectivity index (χ2v) is 13.3. The highest BCUT2D eigenvalue weighted by Gasteiger charge is 2.36. The average Bonchev–Trinajstić information content (AvgIpc) is 3.04. The van der Waals surface area contributed by atoms with Crippen LogP contribution in [0.5, 0.6) is 0 Å². The Balaban J connectivity index is 1.84. The van der Waals surface area contributed by atoms with Crippen LogP contribution >= 0.6 is 11.6 Å². The molecular weight excluding hydrogens is 651 g/mol. The average molecular weight is 686 g/mol. The molecule has 0 aliphatic rings. The first kappa shape index (κ1) is 35.5. The maximum absolute atomic E-state index is 14.4. The highest BCUT2D eigenvalue weighted by Crippen LogP contribution is 2.33. The zero-order valence-electron chi connectivity index (χ0n) is 25.9. The summed E-state index contributed by atoms with van der Waals surface area (Å²) in [6.07, 6.45) is -4.04. The van der Waals surface area contributed by atoms with Crippen molar-refractivity contribution in [3.05, 3.63) is 130 Å². The summed E-state index contributed by atoms with van der Waals surface area (Å²) in [4.78, 5) is 29.2. The van der Waals surface area contributed by atoms with Crippen LogP contribution in [0.15, 0.2) is 108 Å². The molecule has 0 saturated carbocycles. The smallest absolute Gasteiger partial charge is 0.354 e. The summed E-state index contributed by atoms with van der Waals surface area (Å²) in [6.45, 7) is 2.96. The maximum Gasteiger partial charge on any atom is 0.416 e. The first-order valence-electron chi connectivity index (χ1n) is 14.9. The van der Waals surface area contributed by atoms with Crippen LogP contribution in [-0.2, 0) is 38.8 Å². The van der Waals surface area contributed by atoms with Crippen LogP contribution in [0.3, 0.4) is 0 Å². The largest absolute Gasteiger partial charge is 0.416 e. The Morgan fingerprint density at radius 3 is 2.17 bits per heavy atom. The number of hydrogen-bond acceptors (Lipinski definition) is 4. The van der Waals surface area contributed by atoms with E-state index in [1.807, 2.05) is 13.0 Å². The van der Waals surface area contributed by atoms with Gasteiger partial charge in [-0.15, -0.1) is 0 Å². The molecule has 7 nitrogen and oxygen atoms in total. The fraction of sp³-hybridized carbons (Fsp3) is 0.257. The van der Waals surface area contributed by atoms with E-state index in [1.165, 1.54) is 23.1 Å². The van der Waals surface area contributed by atoms with Crippen LogP contribution in [0.1, 0.15) is 35.6 Å². The predicted molar refractivity (Wildman–Crippen MR) is 176 cm³/mol. The summed E-state index contributed by atoms with van der Waals surface area (Å²) in [5.41, 5.74) is 0.643. The molecule has 0 fully saturated rings. The number of anilines is 1. The van der Waals surface area contributed by atoms with Crippen LogP contribution < -0.4 is 9.62 Å². The van der Waals surface area contributed by atoms with E-state index in [4.69, 9.17) is 11.6 Å². The number of rotatable bonds is 13. The minimum Gasteiger partial charge on any atom is -0.354 e. The fourth-order valence-corrected chi connectivity index (χ4v) is 6.57. The molecule has 0 aliphatic carbocycles. The molecule has 0 aromatic heterocycles. The van der Waals surface area contributed by atoms with Crippen molar-refractivity contribution in [1.82, 2.24) is 10.2 Å². The van der Waals surface area contributed by atoms with E-state index in [0.717, 1.165) is 23.3 Å². The number of alkyl halides is 3. The van der Waals surface area contributed by atoms with Crippen LogP contribution in [0, 0.1) is 6.92 Å². The topological polar surface area (TPSA) is 86.8 Å². The van der Waals surface area contributed by atoms with E-state index in [1.54, 1.807) is 67.6 Å². The van der Waals surface area contributed by atoms with Crippen molar-refractivity contribution in [3.8, 4) is 0 Å². The zero-order valence-corrected chi connectivity index (χ0v) is 27.4. The quantitative estimate of drug-likeness (QED) is 0.164. The van der Waals surface area contributed by atoms with E-state index >= 15 is 0 Å². The van der Waals surface area contributed by atoms with Gasteiger partial charge in [0.2, 0.25) is 11.8 Å². The lowest BCUT2D eigenvalue weighted by atomic mass is 10.0. The normalized spacial score (nSPS) is 12.3. The third-order valence-corrected chi connectivity index (χ3v) is 9.43. The lowest BCUT2D eigenvalue weighted by Crippen LogP contribution is -2.53. The van der Waals surface area contributed by atoms with Gasteiger partial charge in [0.05, 0.1) is 16.1 Å². The Hall–Kier alpha value is -4.35. The molecule has 0 spiro atoms. The van der Waals surface area contributed by atoms with Gasteiger partial charge in [-0.05, 0) is 66.9 Å². The molecule has 1 atom stereocenters. The molecule has 12 heteroatoms. The van der Waals surface area contributed by atoms with Gasteiger partial charge in [0.1, 0.15) is 12.6 Å². The third-order valence-electron chi connectivity index (χ3n) is 7.41. The molecule has 4 rings (SSSR count). The minimum atomic E-state index is -4.77. The van der Waals surface area contributed by atoms with Crippen LogP contribution in [0.2, 0.25) is 5.02 Å². The molecule has 0 bridgehead atoms. The lowest BCUT2D eigenvalue weighted by molar-refractivity contribution is -0.140. The van der Waals surface area contributed by atoms with E-state index in [0.29, 0.717) is 33.9 Å². The Kier molecular flexibility index (Phi) is 11.7. The van der Waals surface area contributed by atoms with E-state index in [9.17, 15) is 31.2 Å². The highest BCUT2D eigenvalue weighted by atomic mass is 35.5. The molecule has 4 aromatic carbocycles. The number of halogens is 4. The number of aryl methyl sites for hydroxylation is 1. The number of carbonyl (C=O) groups excluding carboxylic acids is 2. The van der Waals surface area contributed by atoms with Crippen molar-refractivity contribution >= 4 is 39.1 Å². The van der Waals surface area contributed by atoms with Crippen LogP contribution in [-0.4, -0.2) is 44.3 Å². The Morgan fingerprint density at radius 1 is 0.872 bits per heavy atom. The van der Waals surface area contributed by atoms with Crippen molar-refractivity contribution < 1.29 is 31.2 Å². The first-order valence-corrected chi connectivity index (χ1v) is 16.7. The van der Waals surface area contributed by atoms with Crippen molar-refractivity contribution in [1.29, 1.82) is 0 Å². The number of amides is 2. The number of nitrogens with one attached hydrogen (secondary N) is 1. The van der Waals surface area contributed by atoms with Crippen LogP contribution in [0.4, 0.5) is 18.9 Å². The van der Waals surface area contributed by atoms with E-state index < -0.39 is 46.2 Å². The lowest BCUT2D eigenvalue weighted by Gasteiger charge is -2.34. The third kappa shape index (κ3) is 9.36. The Bertz CT molecular complexity index is 1790. The molecule has 47 heavy (non-hydrogen) atoms. The van der Waals surface area contributed by atoms with Gasteiger partial charge in [0, 0.05) is 24.5 Å². The van der Waals surface area contributed by atoms with Gasteiger partial charge < -0.3 is 10.2 Å². The Labute approximate surface area is 278 Å². The summed E-state index contributed by atoms with van der Waals surface area (Å²) < 4.78 is 70.1. The molecular formula is C35H35ClF3N3O4S. The summed E-state index contributed by atoms with van der Waals surface area (Å²) in [5.74, 6) is -1.26. The molecule has 1 N–H and O–H groups in total. The molecule has 4 aromatic rings. The summed E-state index contributed by atoms with van der Waals surface area (Å²) in [7, 11) is -4.56. The van der Waals surface area contributed by atoms with Gasteiger partial charge in [0.15, 0.2) is 0 Å². The molecule has 2 amide bonds. The van der Waals surface area contributed by atoms with Gasteiger partial charge in [-0.25, -0.2) is 8.42 Å². The first-order chi connectivity index (χ1) is 22.3. The summed E-state index contributed by atoms with van der Waals surface area (Å²) in [5, 5.41) is 3.23. The number of carbonyl (C=O) groups is 2. The molecule has 248 valence electrons. The molecule has 0 aliphatic heterocycles. The van der Waals surface area contributed by atoms with Gasteiger partial charge >= 0.3 is 6.18 Å². The van der Waals surface area contributed by atoms with Gasteiger partial charge in [-0.1, -0.05) is 84.8 Å². The molecule has 0 radical (unpaired) electrons. The molecule has 1 unspecified atom stereocenters. The highest BCUT2D eigenvalue weighted by molar-refractivity contribution is 7.92. The number of sulfonamides is 1. The van der Waals surface area contributed by atoms with Crippen molar-refractivity contribution in [2.24, 2.45) is 0 Å². The fourth-order valence-electron chi connectivity index (χ4n) is 4.96. The predicted octanol–water partition coefficient (Wildman–Crippen LogP) is 7.03. The minimum absolute atomic E-state index is 0.0942. The van der Waals surface area contributed by atoms with Crippen molar-refractivity contribution in [3.63, 3.8) is 0 Å². The second-order valence-electron chi connectivity index (χ2n) is 11.0. The number of hydrogen-bond donors (Lipinski definition) is 1. The van der Waals surface area contributed by atoms with E-state index in [2.05, 4.69) is 5.32 Å². The zero-order chi connectivity index (χ0) is 34.2. The Morgan fingerprint density at radius 2 is 1.53 bits per heavy atom. The molecule has 0 saturated heterocycles. The summed E-state index contributed by atoms with van der Waals surface area (Å²) >= 11 is 6.24. The molecule has 0 heterocycles. The van der Waals surface area contributed by atoms with Crippen LogP contribution in [0.25, 0.3) is 0 Å². The van der Waals surface area contributed by atoms with E-state index in [-0.39, 0.29) is 23.5 Å². The number of benzene rings is 4. The maximum atomic E-state index is 14.4. The standard InChI is InChI=1S/C35H35ClF3N3O4S/c1-3-19-40-34(44)32(21-26-9-5-4-6-10-26)41(23-27-11-7-13-29(36)20-27)33(43)24-42(30-14-8-12-28(22-30)35(37,38)39)47(45,46)31-17-15-25(2)16-18-31/h4-18,20,22,32H,3,19,21,23-24H2,1-2H3,(H,40,44). The monoisotopic (exact) mass is 685 g/mol. The van der Waals surface area contributed by atoms with Crippen molar-refractivity contribution in [2.75, 3.05) is 17.4 Å². The number of nitrogens with zero attached hydrogens (tertiary/aromatic N) is 2. The summed E-state index contributed by atoms with van der Waals surface area (Å²) in [6, 6.07) is 24.1. The van der Waals surface area contributed by atoms with Gasteiger partial charge in [0.25, 0.3) is 10.0 Å².